The van der Waals surface area contributed by atoms with Gasteiger partial charge in [0.15, 0.2) is 0 Å². The average molecular weight is 433 g/mol. The van der Waals surface area contributed by atoms with E-state index in [9.17, 15) is 13.2 Å². The van der Waals surface area contributed by atoms with Gasteiger partial charge in [0, 0.05) is 17.5 Å². The van der Waals surface area contributed by atoms with Gasteiger partial charge in [0.05, 0.1) is 24.1 Å². The number of sulfonamides is 1. The number of carbonyl (C=O) groups excluding carboxylic acids is 1. The summed E-state index contributed by atoms with van der Waals surface area (Å²) in [5, 5.41) is 3.67. The molecule has 2 aromatic rings. The van der Waals surface area contributed by atoms with Crippen LogP contribution in [0.5, 0.6) is 0 Å². The first kappa shape index (κ1) is 21.7. The van der Waals surface area contributed by atoms with E-state index in [1.807, 2.05) is 42.1 Å². The first-order valence-electron chi connectivity index (χ1n) is 9.95. The highest BCUT2D eigenvalue weighted by Crippen LogP contribution is 2.29. The molecule has 0 bridgehead atoms. The van der Waals surface area contributed by atoms with Crippen LogP contribution in [0.15, 0.2) is 54.6 Å². The van der Waals surface area contributed by atoms with Crippen LogP contribution < -0.4 is 9.62 Å². The van der Waals surface area contributed by atoms with Crippen LogP contribution in [0.1, 0.15) is 41.6 Å². The summed E-state index contributed by atoms with van der Waals surface area (Å²) in [5.41, 5.74) is 1.64. The monoisotopic (exact) mass is 432 g/mol. The lowest BCUT2D eigenvalue weighted by molar-refractivity contribution is 0.0957. The molecule has 2 aromatic carbocycles. The van der Waals surface area contributed by atoms with Crippen LogP contribution in [0.25, 0.3) is 0 Å². The predicted molar refractivity (Wildman–Crippen MR) is 121 cm³/mol. The van der Waals surface area contributed by atoms with Crippen molar-refractivity contribution in [3.8, 4) is 0 Å². The van der Waals surface area contributed by atoms with Crippen molar-refractivity contribution in [2.24, 2.45) is 0 Å². The SMILES string of the molecule is CS(=O)(=O)N(Cc1ccccc1)c1ccccc1C(=O)NCCSC1CCCC1. The van der Waals surface area contributed by atoms with Crippen LogP contribution in [0.3, 0.4) is 0 Å². The highest BCUT2D eigenvalue weighted by Gasteiger charge is 2.23. The van der Waals surface area contributed by atoms with Crippen molar-refractivity contribution in [1.29, 1.82) is 0 Å². The summed E-state index contributed by atoms with van der Waals surface area (Å²) in [6, 6.07) is 16.3. The minimum Gasteiger partial charge on any atom is -0.351 e. The smallest absolute Gasteiger partial charge is 0.253 e. The fourth-order valence-electron chi connectivity index (χ4n) is 3.55. The van der Waals surface area contributed by atoms with E-state index in [0.29, 0.717) is 23.0 Å². The maximum atomic E-state index is 12.8. The zero-order valence-electron chi connectivity index (χ0n) is 16.7. The van der Waals surface area contributed by atoms with E-state index < -0.39 is 10.0 Å². The minimum atomic E-state index is -3.56. The van der Waals surface area contributed by atoms with Gasteiger partial charge in [0.2, 0.25) is 10.0 Å². The van der Waals surface area contributed by atoms with E-state index in [1.54, 1.807) is 24.3 Å². The molecule has 0 heterocycles. The number of amides is 1. The van der Waals surface area contributed by atoms with Crippen molar-refractivity contribution < 1.29 is 13.2 Å². The van der Waals surface area contributed by atoms with Gasteiger partial charge in [0.1, 0.15) is 0 Å². The van der Waals surface area contributed by atoms with Crippen molar-refractivity contribution in [2.45, 2.75) is 37.5 Å². The molecule has 0 unspecified atom stereocenters. The molecule has 29 heavy (non-hydrogen) atoms. The maximum Gasteiger partial charge on any atom is 0.253 e. The molecule has 1 saturated carbocycles. The zero-order valence-corrected chi connectivity index (χ0v) is 18.3. The molecule has 5 nitrogen and oxygen atoms in total. The van der Waals surface area contributed by atoms with E-state index in [0.717, 1.165) is 11.3 Å². The Kier molecular flexibility index (Phi) is 7.61. The molecule has 7 heteroatoms. The Hall–Kier alpha value is -1.99. The third kappa shape index (κ3) is 6.24. The van der Waals surface area contributed by atoms with Gasteiger partial charge in [-0.25, -0.2) is 8.42 Å². The lowest BCUT2D eigenvalue weighted by Crippen LogP contribution is -2.33. The average Bonchev–Trinajstić information content (AvgIpc) is 3.23. The zero-order chi connectivity index (χ0) is 20.7. The van der Waals surface area contributed by atoms with Crippen LogP contribution in [0, 0.1) is 0 Å². The third-order valence-corrected chi connectivity index (χ3v) is 7.54. The molecule has 0 aliphatic heterocycles. The molecule has 0 radical (unpaired) electrons. The molecule has 0 spiro atoms. The molecule has 1 fully saturated rings. The van der Waals surface area contributed by atoms with E-state index in [2.05, 4.69) is 5.32 Å². The molecule has 1 N–H and O–H groups in total. The molecule has 0 atom stereocenters. The van der Waals surface area contributed by atoms with Gasteiger partial charge in [-0.15, -0.1) is 0 Å². The second kappa shape index (κ2) is 10.2. The predicted octanol–water partition coefficient (Wildman–Crippen LogP) is 4.06. The van der Waals surface area contributed by atoms with Crippen LogP contribution >= 0.6 is 11.8 Å². The molecule has 156 valence electrons. The van der Waals surface area contributed by atoms with Crippen LogP contribution in [0.4, 0.5) is 5.69 Å². The first-order chi connectivity index (χ1) is 13.9. The molecule has 1 aliphatic carbocycles. The number of para-hydroxylation sites is 1. The molecule has 1 amide bonds. The largest absolute Gasteiger partial charge is 0.351 e. The summed E-state index contributed by atoms with van der Waals surface area (Å²) in [4.78, 5) is 12.8. The highest BCUT2D eigenvalue weighted by atomic mass is 32.2. The summed E-state index contributed by atoms with van der Waals surface area (Å²) < 4.78 is 26.3. The highest BCUT2D eigenvalue weighted by molar-refractivity contribution is 7.99. The number of hydrogen-bond donors (Lipinski definition) is 1. The Labute approximate surface area is 177 Å². The van der Waals surface area contributed by atoms with Crippen LogP contribution in [0.2, 0.25) is 0 Å². The minimum absolute atomic E-state index is 0.182. The molecule has 1 aliphatic rings. The Morgan fingerprint density at radius 1 is 1.07 bits per heavy atom. The Morgan fingerprint density at radius 2 is 1.72 bits per heavy atom. The fourth-order valence-corrected chi connectivity index (χ4v) is 5.67. The summed E-state index contributed by atoms with van der Waals surface area (Å²) in [6.07, 6.45) is 6.32. The summed E-state index contributed by atoms with van der Waals surface area (Å²) in [6.45, 7) is 0.757. The number of rotatable bonds is 9. The van der Waals surface area contributed by atoms with Gasteiger partial charge >= 0.3 is 0 Å². The number of nitrogens with zero attached hydrogens (tertiary/aromatic N) is 1. The summed E-state index contributed by atoms with van der Waals surface area (Å²) in [5.74, 6) is 0.632. The molecule has 3 rings (SSSR count). The lowest BCUT2D eigenvalue weighted by Gasteiger charge is -2.24. The van der Waals surface area contributed by atoms with E-state index in [4.69, 9.17) is 0 Å². The van der Waals surface area contributed by atoms with Gasteiger partial charge in [-0.2, -0.15) is 11.8 Å². The lowest BCUT2D eigenvalue weighted by atomic mass is 10.1. The number of thioether (sulfide) groups is 1. The molecule has 0 saturated heterocycles. The Morgan fingerprint density at radius 3 is 2.41 bits per heavy atom. The van der Waals surface area contributed by atoms with Crippen molar-refractivity contribution in [3.05, 3.63) is 65.7 Å². The topological polar surface area (TPSA) is 66.5 Å². The number of hydrogen-bond acceptors (Lipinski definition) is 4. The normalized spacial score (nSPS) is 14.7. The molecular weight excluding hydrogens is 404 g/mol. The number of anilines is 1. The number of nitrogens with one attached hydrogen (secondary N) is 1. The van der Waals surface area contributed by atoms with Crippen molar-refractivity contribution in [1.82, 2.24) is 5.32 Å². The second-order valence-electron chi connectivity index (χ2n) is 7.31. The Balaban J connectivity index is 1.71. The Bertz CT molecular complexity index is 911. The molecular formula is C22H28N2O3S2. The van der Waals surface area contributed by atoms with Crippen molar-refractivity contribution in [2.75, 3.05) is 22.9 Å². The van der Waals surface area contributed by atoms with Crippen molar-refractivity contribution >= 4 is 33.4 Å². The van der Waals surface area contributed by atoms with Crippen LogP contribution in [-0.4, -0.2) is 38.1 Å². The van der Waals surface area contributed by atoms with Crippen LogP contribution in [-0.2, 0) is 16.6 Å². The van der Waals surface area contributed by atoms with Crippen molar-refractivity contribution in [3.63, 3.8) is 0 Å². The maximum absolute atomic E-state index is 12.8. The van der Waals surface area contributed by atoms with Gasteiger partial charge in [-0.3, -0.25) is 9.10 Å². The first-order valence-corrected chi connectivity index (χ1v) is 12.9. The quantitative estimate of drug-likeness (QED) is 0.607. The van der Waals surface area contributed by atoms with Gasteiger partial charge < -0.3 is 5.32 Å². The van der Waals surface area contributed by atoms with Gasteiger partial charge in [0.25, 0.3) is 5.91 Å². The fraction of sp³-hybridized carbons (Fsp3) is 0.409. The van der Waals surface area contributed by atoms with Gasteiger partial charge in [-0.1, -0.05) is 55.3 Å². The van der Waals surface area contributed by atoms with Gasteiger partial charge in [-0.05, 0) is 30.5 Å². The standard InChI is InChI=1S/C22H28N2O3S2/c1-29(26,27)24(17-18-9-3-2-4-10-18)21-14-8-7-13-20(21)22(25)23-15-16-28-19-11-5-6-12-19/h2-4,7-10,13-14,19H,5-6,11-12,15-17H2,1H3,(H,23,25). The summed E-state index contributed by atoms with van der Waals surface area (Å²) >= 11 is 1.92. The van der Waals surface area contributed by atoms with E-state index in [1.165, 1.54) is 36.2 Å². The summed E-state index contributed by atoms with van der Waals surface area (Å²) in [7, 11) is -3.56. The van der Waals surface area contributed by atoms with E-state index in [-0.39, 0.29) is 12.5 Å². The van der Waals surface area contributed by atoms with E-state index >= 15 is 0 Å². The number of benzene rings is 2. The molecule has 0 aromatic heterocycles. The third-order valence-electron chi connectivity index (χ3n) is 5.03. The number of carbonyl (C=O) groups is 1. The second-order valence-corrected chi connectivity index (χ2v) is 10.6.